The van der Waals surface area contributed by atoms with Crippen LogP contribution in [0.4, 0.5) is 0 Å². The van der Waals surface area contributed by atoms with E-state index in [4.69, 9.17) is 42.3 Å². The smallest absolute Gasteiger partial charge is 0.0548 e. The van der Waals surface area contributed by atoms with Gasteiger partial charge in [-0.1, -0.05) is 34.6 Å². The predicted molar refractivity (Wildman–Crippen MR) is 224 cm³/mol. The van der Waals surface area contributed by atoms with Crippen LogP contribution < -0.4 is 9.78 Å². The van der Waals surface area contributed by atoms with Crippen LogP contribution in [0.15, 0.2) is 60.7 Å². The van der Waals surface area contributed by atoms with E-state index in [9.17, 15) is 9.59 Å². The number of methoxy groups -OCH3 is 3. The third-order valence-corrected chi connectivity index (χ3v) is 20.0. The van der Waals surface area contributed by atoms with Gasteiger partial charge in [-0.15, -0.1) is 0 Å². The van der Waals surface area contributed by atoms with Gasteiger partial charge in [-0.05, 0) is 18.1 Å². The van der Waals surface area contributed by atoms with Crippen LogP contribution in [0, 0.1) is 17.3 Å². The Bertz CT molecular complexity index is 1630. The molecule has 0 spiro atoms. The number of carbonyl (C=O) groups is 2. The standard InChI is InChI=1S/C44H67NO11SeSi/c1-28-29(2)56-44(50-10,24-31(28)26-57-33-21-17-14-18-22-33)38(55-41(47)30-19-15-13-16-20-30)39(46)45-40-36-35(51-27-52-40)37(49-9)43(6,7)34(54-36)23-32(48-8)25-53-58(11,12)42(3,4)5/h13-22,28-29,31-32,34-38,40H,23-27H2,1-12H3,(H,45,46)/t28-,29+,31-,32+,34+,35-,36-,37+,38+,40-,44+/m0/s1. The Labute approximate surface area is 353 Å². The van der Waals surface area contributed by atoms with Gasteiger partial charge in [0, 0.05) is 14.2 Å². The Morgan fingerprint density at radius 3 is 2.22 bits per heavy atom. The van der Waals surface area contributed by atoms with Crippen LogP contribution in [0.5, 0.6) is 0 Å². The van der Waals surface area contributed by atoms with E-state index in [0.717, 1.165) is 5.32 Å². The summed E-state index contributed by atoms with van der Waals surface area (Å²) in [5.41, 5.74) is -0.230. The minimum absolute atomic E-state index is 0.0416. The number of esters is 1. The van der Waals surface area contributed by atoms with Crippen LogP contribution in [0.25, 0.3) is 0 Å². The van der Waals surface area contributed by atoms with Crippen LogP contribution in [-0.4, -0.2) is 125 Å². The molecule has 14 heteroatoms. The molecule has 11 atom stereocenters. The molecule has 0 saturated carbocycles. The van der Waals surface area contributed by atoms with Crippen LogP contribution in [-0.2, 0) is 47.1 Å². The molecule has 324 valence electrons. The van der Waals surface area contributed by atoms with Crippen molar-refractivity contribution in [1.82, 2.24) is 5.32 Å². The molecule has 5 rings (SSSR count). The van der Waals surface area contributed by atoms with E-state index in [1.807, 2.05) is 31.2 Å². The van der Waals surface area contributed by atoms with Crippen LogP contribution >= 0.6 is 0 Å². The minimum Gasteiger partial charge on any atom is -0.0548 e. The molecule has 1 amide bonds. The zero-order chi connectivity index (χ0) is 42.5. The van der Waals surface area contributed by atoms with Gasteiger partial charge in [-0.2, -0.15) is 0 Å². The molecular weight excluding hydrogens is 826 g/mol. The SMILES string of the molecule is CO[C@@H](CO[Si](C)(C)C(C)(C)C)C[C@H]1O[C@H]2[C@H](OCO[C@@H]2NC(=O)[C@@H](OC(=O)c2ccccc2)[C@@]2(OC)C[C@@H](C[Se]c3ccccc3)[C@@H](C)[C@@H](C)O2)[C@@H](OC)C1(C)C. The molecule has 12 nitrogen and oxygen atoms in total. The number of amides is 1. The third-order valence-electron chi connectivity index (χ3n) is 12.9. The zero-order valence-electron chi connectivity index (χ0n) is 36.5. The summed E-state index contributed by atoms with van der Waals surface area (Å²) in [5, 5.41) is 3.97. The second-order valence-electron chi connectivity index (χ2n) is 18.0. The molecule has 3 saturated heterocycles. The molecule has 2 aromatic carbocycles. The molecule has 0 bridgehead atoms. The summed E-state index contributed by atoms with van der Waals surface area (Å²) >= 11 is 0.166. The van der Waals surface area contributed by atoms with Crippen molar-refractivity contribution in [3.05, 3.63) is 66.2 Å². The normalized spacial score (nSPS) is 31.1. The molecule has 0 aliphatic carbocycles. The average molecular weight is 893 g/mol. The van der Waals surface area contributed by atoms with E-state index in [0.29, 0.717) is 25.0 Å². The van der Waals surface area contributed by atoms with Gasteiger partial charge in [-0.25, -0.2) is 0 Å². The van der Waals surface area contributed by atoms with Crippen LogP contribution in [0.1, 0.15) is 71.7 Å². The van der Waals surface area contributed by atoms with E-state index in [1.54, 1.807) is 38.5 Å². The molecular formula is C44H67NO11SeSi. The Hall–Kier alpha value is -2.20. The Morgan fingerprint density at radius 1 is 0.966 bits per heavy atom. The first-order valence-corrected chi connectivity index (χ1v) is 25.4. The fourth-order valence-electron chi connectivity index (χ4n) is 7.89. The average Bonchev–Trinajstić information content (AvgIpc) is 3.19. The van der Waals surface area contributed by atoms with Crippen LogP contribution in [0.3, 0.4) is 0 Å². The van der Waals surface area contributed by atoms with Gasteiger partial charge in [0.25, 0.3) is 0 Å². The molecule has 1 N–H and O–H groups in total. The van der Waals surface area contributed by atoms with Gasteiger partial charge in [0.1, 0.15) is 0 Å². The van der Waals surface area contributed by atoms with E-state index >= 15 is 0 Å². The summed E-state index contributed by atoms with van der Waals surface area (Å²) in [4.78, 5) is 28.6. The first kappa shape index (κ1) is 46.9. The van der Waals surface area contributed by atoms with Gasteiger partial charge in [0.2, 0.25) is 0 Å². The number of rotatable bonds is 16. The summed E-state index contributed by atoms with van der Waals surface area (Å²) in [6.45, 7) is 19.7. The van der Waals surface area contributed by atoms with Crippen molar-refractivity contribution in [1.29, 1.82) is 0 Å². The van der Waals surface area contributed by atoms with Crippen molar-refractivity contribution in [2.75, 3.05) is 34.7 Å². The molecule has 2 aromatic rings. The molecule has 3 aliphatic rings. The van der Waals surface area contributed by atoms with Gasteiger partial charge < -0.3 is 9.16 Å². The maximum atomic E-state index is 14.8. The summed E-state index contributed by atoms with van der Waals surface area (Å²) in [6, 6.07) is 19.0. The maximum absolute atomic E-state index is 14.8. The van der Waals surface area contributed by atoms with Crippen molar-refractivity contribution in [2.45, 2.75) is 140 Å². The number of hydrogen-bond donors (Lipinski definition) is 1. The number of fused-ring (bicyclic) bond motifs is 1. The van der Waals surface area contributed by atoms with Crippen molar-refractivity contribution in [2.24, 2.45) is 17.3 Å². The molecule has 0 unspecified atom stereocenters. The zero-order valence-corrected chi connectivity index (χ0v) is 39.2. The first-order chi connectivity index (χ1) is 27.4. The van der Waals surface area contributed by atoms with E-state index in [2.05, 4.69) is 72.1 Å². The molecule has 3 heterocycles. The third kappa shape index (κ3) is 10.6. The fourth-order valence-corrected chi connectivity index (χ4v) is 11.4. The van der Waals surface area contributed by atoms with E-state index < -0.39 is 68.1 Å². The van der Waals surface area contributed by atoms with Gasteiger partial charge in [0.05, 0.1) is 12.7 Å². The Kier molecular flexibility index (Phi) is 15.9. The summed E-state index contributed by atoms with van der Waals surface area (Å²) < 4.78 is 58.2. The van der Waals surface area contributed by atoms with Crippen molar-refractivity contribution < 1.29 is 51.9 Å². The molecule has 0 radical (unpaired) electrons. The molecule has 3 aliphatic heterocycles. The van der Waals surface area contributed by atoms with E-state index in [1.165, 1.54) is 11.6 Å². The first-order valence-electron chi connectivity index (χ1n) is 20.4. The number of benzene rings is 2. The van der Waals surface area contributed by atoms with Gasteiger partial charge in [0.15, 0.2) is 8.32 Å². The summed E-state index contributed by atoms with van der Waals surface area (Å²) in [7, 11) is 2.79. The second kappa shape index (κ2) is 19.7. The topological polar surface area (TPSA) is 129 Å². The second-order valence-corrected chi connectivity index (χ2v) is 25.1. The summed E-state index contributed by atoms with van der Waals surface area (Å²) in [6.07, 6.45) is -4.42. The molecule has 3 fully saturated rings. The van der Waals surface area contributed by atoms with E-state index in [-0.39, 0.29) is 50.8 Å². The van der Waals surface area contributed by atoms with Gasteiger partial charge in [-0.3, -0.25) is 0 Å². The number of nitrogens with one attached hydrogen (secondary N) is 1. The fraction of sp³-hybridized carbons (Fsp3) is 0.682. The quantitative estimate of drug-likeness (QED) is 0.155. The Balaban J connectivity index is 1.42. The summed E-state index contributed by atoms with van der Waals surface area (Å²) in [5.74, 6) is -2.64. The number of hydrogen-bond acceptors (Lipinski definition) is 11. The Morgan fingerprint density at radius 2 is 1.62 bits per heavy atom. The predicted octanol–water partition coefficient (Wildman–Crippen LogP) is 6.11. The molecule has 0 aromatic heterocycles. The monoisotopic (exact) mass is 893 g/mol. The van der Waals surface area contributed by atoms with Crippen molar-refractivity contribution >= 4 is 39.6 Å². The van der Waals surface area contributed by atoms with Crippen LogP contribution in [0.2, 0.25) is 23.5 Å². The van der Waals surface area contributed by atoms with Crippen molar-refractivity contribution in [3.63, 3.8) is 0 Å². The number of carbonyl (C=O) groups excluding carboxylic acids is 2. The van der Waals surface area contributed by atoms with Crippen molar-refractivity contribution in [3.8, 4) is 0 Å². The molecule has 58 heavy (non-hydrogen) atoms. The van der Waals surface area contributed by atoms with Gasteiger partial charge >= 0.3 is 257 Å². The number of ether oxygens (including phenoxy) is 8. The minimum atomic E-state index is -2.05.